The van der Waals surface area contributed by atoms with Crippen LogP contribution in [-0.2, 0) is 14.3 Å². The molecular weight excluding hydrogens is 428 g/mol. The third kappa shape index (κ3) is 5.71. The summed E-state index contributed by atoms with van der Waals surface area (Å²) < 4.78 is 10.3. The van der Waals surface area contributed by atoms with Gasteiger partial charge in [-0.3, -0.25) is 9.59 Å². The number of para-hydroxylation sites is 1. The first-order valence-corrected chi connectivity index (χ1v) is 10.1. The highest BCUT2D eigenvalue weighted by molar-refractivity contribution is 8.18. The summed E-state index contributed by atoms with van der Waals surface area (Å²) >= 11 is 6.86. The van der Waals surface area contributed by atoms with E-state index >= 15 is 0 Å². The molecule has 2 aromatic carbocycles. The maximum Gasteiger partial charge on any atom is 0.344 e. The highest BCUT2D eigenvalue weighted by Gasteiger charge is 2.25. The third-order valence-corrected chi connectivity index (χ3v) is 4.96. The van der Waals surface area contributed by atoms with Gasteiger partial charge >= 0.3 is 5.97 Å². The third-order valence-electron chi connectivity index (χ3n) is 3.80. The number of carbonyl (C=O) groups excluding carboxylic acids is 3. The normalized spacial score (nSPS) is 15.9. The lowest BCUT2D eigenvalue weighted by molar-refractivity contribution is -0.145. The average Bonchev–Trinajstić information content (AvgIpc) is 3.06. The molecule has 1 aliphatic heterocycles. The van der Waals surface area contributed by atoms with Gasteiger partial charge in [0.25, 0.3) is 11.8 Å². The lowest BCUT2D eigenvalue weighted by Gasteiger charge is -2.08. The van der Waals surface area contributed by atoms with Crippen molar-refractivity contribution in [3.63, 3.8) is 0 Å². The number of rotatable bonds is 6. The van der Waals surface area contributed by atoms with E-state index in [4.69, 9.17) is 21.1 Å². The summed E-state index contributed by atoms with van der Waals surface area (Å²) in [5.41, 5.74) is 0.960. The molecule has 9 heteroatoms. The van der Waals surface area contributed by atoms with Crippen molar-refractivity contribution < 1.29 is 23.9 Å². The van der Waals surface area contributed by atoms with Gasteiger partial charge in [0.1, 0.15) is 5.75 Å². The first-order valence-electron chi connectivity index (χ1n) is 8.93. The minimum absolute atomic E-state index is 0.177. The summed E-state index contributed by atoms with van der Waals surface area (Å²) in [6, 6.07) is 13.3. The molecule has 0 saturated carbocycles. The molecule has 1 saturated heterocycles. The van der Waals surface area contributed by atoms with E-state index in [9.17, 15) is 14.4 Å². The number of amides is 2. The molecule has 2 aromatic rings. The van der Waals surface area contributed by atoms with E-state index in [0.29, 0.717) is 26.8 Å². The van der Waals surface area contributed by atoms with Crippen LogP contribution in [-0.4, -0.2) is 36.2 Å². The molecule has 30 heavy (non-hydrogen) atoms. The Morgan fingerprint density at radius 3 is 2.63 bits per heavy atom. The first kappa shape index (κ1) is 21.6. The van der Waals surface area contributed by atoms with Crippen molar-refractivity contribution in [1.82, 2.24) is 5.32 Å². The summed E-state index contributed by atoms with van der Waals surface area (Å²) in [6.07, 6.45) is 1.61. The molecule has 1 fully saturated rings. The molecule has 7 nitrogen and oxygen atoms in total. The van der Waals surface area contributed by atoms with Gasteiger partial charge in [0.05, 0.1) is 11.5 Å². The van der Waals surface area contributed by atoms with Gasteiger partial charge in [-0.1, -0.05) is 29.8 Å². The number of carbonyl (C=O) groups is 3. The highest BCUT2D eigenvalue weighted by atomic mass is 35.5. The minimum atomic E-state index is -0.492. The molecule has 0 bridgehead atoms. The van der Waals surface area contributed by atoms with Crippen LogP contribution in [0.4, 0.5) is 0 Å². The van der Waals surface area contributed by atoms with Crippen LogP contribution in [0.25, 0.3) is 6.08 Å². The number of esters is 1. The quantitative estimate of drug-likeness (QED) is 0.539. The van der Waals surface area contributed by atoms with E-state index in [-0.39, 0.29) is 24.3 Å². The van der Waals surface area contributed by atoms with Gasteiger partial charge in [-0.05, 0) is 55.1 Å². The van der Waals surface area contributed by atoms with Crippen LogP contribution in [0.1, 0.15) is 22.8 Å². The Bertz CT molecular complexity index is 1030. The van der Waals surface area contributed by atoms with Gasteiger partial charge in [-0.15, -0.1) is 0 Å². The predicted molar refractivity (Wildman–Crippen MR) is 115 cm³/mol. The summed E-state index contributed by atoms with van der Waals surface area (Å²) in [5.74, 6) is -0.936. The van der Waals surface area contributed by atoms with Gasteiger partial charge in [0, 0.05) is 16.1 Å². The summed E-state index contributed by atoms with van der Waals surface area (Å²) in [6.45, 7) is 1.74. The molecule has 0 aromatic heterocycles. The second-order valence-electron chi connectivity index (χ2n) is 5.93. The van der Waals surface area contributed by atoms with E-state index in [1.807, 2.05) is 0 Å². The smallest absolute Gasteiger partial charge is 0.344 e. The second-order valence-corrected chi connectivity index (χ2v) is 7.39. The molecular formula is C21H17ClN2O5S. The van der Waals surface area contributed by atoms with Gasteiger partial charge in [0.15, 0.2) is 11.8 Å². The lowest BCUT2D eigenvalue weighted by atomic mass is 10.2. The van der Waals surface area contributed by atoms with E-state index in [1.54, 1.807) is 61.5 Å². The Labute approximate surface area is 182 Å². The minimum Gasteiger partial charge on any atom is -0.481 e. The molecule has 154 valence electrons. The number of benzene rings is 2. The van der Waals surface area contributed by atoms with Crippen LogP contribution < -0.4 is 10.1 Å². The van der Waals surface area contributed by atoms with Gasteiger partial charge < -0.3 is 14.8 Å². The van der Waals surface area contributed by atoms with Crippen molar-refractivity contribution in [3.8, 4) is 5.75 Å². The molecule has 2 amide bonds. The van der Waals surface area contributed by atoms with Crippen LogP contribution in [0.3, 0.4) is 0 Å². The molecule has 0 aliphatic carbocycles. The Balaban J connectivity index is 1.74. The molecule has 3 rings (SSSR count). The summed E-state index contributed by atoms with van der Waals surface area (Å²) in [7, 11) is 0. The number of nitrogens with one attached hydrogen (secondary N) is 1. The number of aliphatic imine (C=N–C) groups is 1. The predicted octanol–water partition coefficient (Wildman–Crippen LogP) is 3.68. The fourth-order valence-corrected chi connectivity index (χ4v) is 3.38. The van der Waals surface area contributed by atoms with Crippen LogP contribution in [0.2, 0.25) is 5.02 Å². The van der Waals surface area contributed by atoms with E-state index in [1.165, 1.54) is 0 Å². The first-order chi connectivity index (χ1) is 14.5. The summed E-state index contributed by atoms with van der Waals surface area (Å²) in [4.78, 5) is 40.4. The Morgan fingerprint density at radius 1 is 1.17 bits per heavy atom. The number of halogens is 1. The number of ether oxygens (including phenoxy) is 2. The fourth-order valence-electron chi connectivity index (χ4n) is 2.44. The van der Waals surface area contributed by atoms with Gasteiger partial charge in [-0.25, -0.2) is 4.79 Å². The van der Waals surface area contributed by atoms with E-state index in [2.05, 4.69) is 10.3 Å². The molecule has 0 spiro atoms. The molecule has 1 aliphatic rings. The van der Waals surface area contributed by atoms with Crippen molar-refractivity contribution in [2.45, 2.75) is 6.92 Å². The lowest BCUT2D eigenvalue weighted by Crippen LogP contribution is -2.20. The topological polar surface area (TPSA) is 94.1 Å². The Hall–Kier alpha value is -3.10. The molecule has 0 unspecified atom stereocenters. The molecule has 1 N–H and O–H groups in total. The monoisotopic (exact) mass is 444 g/mol. The second kappa shape index (κ2) is 10.1. The SMILES string of the molecule is CCOC(=O)COc1ccccc1/C=C1\SC(=NC(=O)c2ccc(Cl)cc2)NC1=O. The van der Waals surface area contributed by atoms with Crippen LogP contribution in [0.5, 0.6) is 5.75 Å². The van der Waals surface area contributed by atoms with Gasteiger partial charge in [-0.2, -0.15) is 4.99 Å². The van der Waals surface area contributed by atoms with Crippen LogP contribution in [0, 0.1) is 0 Å². The number of hydrogen-bond acceptors (Lipinski definition) is 6. The van der Waals surface area contributed by atoms with E-state index < -0.39 is 11.9 Å². The fraction of sp³-hybridized carbons (Fsp3) is 0.143. The zero-order valence-electron chi connectivity index (χ0n) is 15.9. The average molecular weight is 445 g/mol. The number of thioether (sulfide) groups is 1. The zero-order valence-corrected chi connectivity index (χ0v) is 17.5. The van der Waals surface area contributed by atoms with Crippen molar-refractivity contribution in [2.24, 2.45) is 4.99 Å². The largest absolute Gasteiger partial charge is 0.481 e. The molecule has 0 atom stereocenters. The standard InChI is InChI=1S/C21H17ClN2O5S/c1-2-28-18(25)12-29-16-6-4-3-5-14(16)11-17-20(27)24-21(30-17)23-19(26)13-7-9-15(22)10-8-13/h3-11H,2,12H2,1H3,(H,23,24,26,27)/b17-11-. The summed E-state index contributed by atoms with van der Waals surface area (Å²) in [5, 5.41) is 3.25. The van der Waals surface area contributed by atoms with Crippen LogP contribution >= 0.6 is 23.4 Å². The van der Waals surface area contributed by atoms with Crippen molar-refractivity contribution in [3.05, 3.63) is 69.6 Å². The van der Waals surface area contributed by atoms with Crippen molar-refractivity contribution in [2.75, 3.05) is 13.2 Å². The van der Waals surface area contributed by atoms with E-state index in [0.717, 1.165) is 11.8 Å². The number of hydrogen-bond donors (Lipinski definition) is 1. The number of nitrogens with zero attached hydrogens (tertiary/aromatic N) is 1. The Kier molecular flexibility index (Phi) is 7.26. The van der Waals surface area contributed by atoms with Crippen molar-refractivity contribution in [1.29, 1.82) is 0 Å². The maximum atomic E-state index is 12.3. The molecule has 0 radical (unpaired) electrons. The zero-order chi connectivity index (χ0) is 21.5. The highest BCUT2D eigenvalue weighted by Crippen LogP contribution is 2.29. The van der Waals surface area contributed by atoms with Gasteiger partial charge in [0.2, 0.25) is 0 Å². The Morgan fingerprint density at radius 2 is 1.90 bits per heavy atom. The molecule has 1 heterocycles. The number of amidine groups is 1. The maximum absolute atomic E-state index is 12.3. The van der Waals surface area contributed by atoms with Crippen molar-refractivity contribution >= 4 is 52.4 Å². The van der Waals surface area contributed by atoms with Crippen LogP contribution in [0.15, 0.2) is 58.4 Å².